The average molecular weight is 462 g/mol. The van der Waals surface area contributed by atoms with Gasteiger partial charge in [0.25, 0.3) is 15.9 Å². The number of carbonyl (C=O) groups is 1. The smallest absolute Gasteiger partial charge is 0.265 e. The van der Waals surface area contributed by atoms with Crippen molar-refractivity contribution < 1.29 is 31.5 Å². The molecule has 0 radical (unpaired) electrons. The maximum absolute atomic E-state index is 13.9. The van der Waals surface area contributed by atoms with Crippen LogP contribution in [-0.2, 0) is 10.0 Å². The van der Waals surface area contributed by atoms with E-state index in [0.29, 0.717) is 24.1 Å². The molecule has 0 bridgehead atoms. The maximum atomic E-state index is 13.9. The molecule has 0 aliphatic heterocycles. The van der Waals surface area contributed by atoms with E-state index in [0.717, 1.165) is 12.1 Å². The van der Waals surface area contributed by atoms with E-state index in [1.54, 1.807) is 12.1 Å². The minimum Gasteiger partial charge on any atom is -0.495 e. The minimum absolute atomic E-state index is 0.0365. The lowest BCUT2D eigenvalue weighted by atomic mass is 10.2. The van der Waals surface area contributed by atoms with Crippen molar-refractivity contribution in [2.24, 2.45) is 0 Å². The van der Waals surface area contributed by atoms with Gasteiger partial charge >= 0.3 is 0 Å². The molecule has 0 spiro atoms. The van der Waals surface area contributed by atoms with E-state index >= 15 is 0 Å². The Balaban J connectivity index is 1.87. The molecule has 0 aromatic heterocycles. The fourth-order valence-electron chi connectivity index (χ4n) is 2.83. The predicted molar refractivity (Wildman–Crippen MR) is 116 cm³/mol. The Bertz CT molecular complexity index is 1230. The minimum atomic E-state index is -4.11. The molecule has 0 atom stereocenters. The van der Waals surface area contributed by atoms with Crippen LogP contribution in [0, 0.1) is 11.6 Å². The number of anilines is 2. The fraction of sp³-hybridized carbons (Fsp3) is 0.136. The highest BCUT2D eigenvalue weighted by molar-refractivity contribution is 7.92. The van der Waals surface area contributed by atoms with Crippen LogP contribution in [0.3, 0.4) is 0 Å². The van der Waals surface area contributed by atoms with Gasteiger partial charge in [-0.1, -0.05) is 0 Å². The lowest BCUT2D eigenvalue weighted by molar-refractivity contribution is 0.102. The molecular formula is C22H20F2N2O5S. The lowest BCUT2D eigenvalue weighted by Crippen LogP contribution is -2.17. The van der Waals surface area contributed by atoms with Crippen LogP contribution in [0.4, 0.5) is 20.2 Å². The number of carbonyl (C=O) groups excluding carboxylic acids is 1. The molecular weight excluding hydrogens is 442 g/mol. The highest BCUT2D eigenvalue weighted by Crippen LogP contribution is 2.29. The normalized spacial score (nSPS) is 11.0. The molecule has 3 aromatic carbocycles. The third-order valence-corrected chi connectivity index (χ3v) is 5.71. The molecule has 10 heteroatoms. The highest BCUT2D eigenvalue weighted by atomic mass is 32.2. The summed E-state index contributed by atoms with van der Waals surface area (Å²) < 4.78 is 65.8. The van der Waals surface area contributed by atoms with E-state index in [-0.39, 0.29) is 21.9 Å². The Morgan fingerprint density at radius 3 is 2.28 bits per heavy atom. The van der Waals surface area contributed by atoms with Crippen molar-refractivity contribution in [3.8, 4) is 11.5 Å². The Morgan fingerprint density at radius 1 is 0.969 bits per heavy atom. The van der Waals surface area contributed by atoms with Crippen LogP contribution in [0.5, 0.6) is 11.5 Å². The largest absolute Gasteiger partial charge is 0.495 e. The third-order valence-electron chi connectivity index (χ3n) is 4.30. The number of sulfonamides is 1. The number of amides is 1. The second-order valence-electron chi connectivity index (χ2n) is 6.51. The number of ether oxygens (including phenoxy) is 2. The Kier molecular flexibility index (Phi) is 6.94. The summed E-state index contributed by atoms with van der Waals surface area (Å²) in [6, 6.07) is 12.8. The first-order valence-corrected chi connectivity index (χ1v) is 10.9. The van der Waals surface area contributed by atoms with E-state index in [1.807, 2.05) is 6.92 Å². The maximum Gasteiger partial charge on any atom is 0.265 e. The van der Waals surface area contributed by atoms with Crippen molar-refractivity contribution in [3.05, 3.63) is 77.9 Å². The van der Waals surface area contributed by atoms with E-state index < -0.39 is 27.6 Å². The highest BCUT2D eigenvalue weighted by Gasteiger charge is 2.22. The van der Waals surface area contributed by atoms with Crippen LogP contribution >= 0.6 is 0 Å². The van der Waals surface area contributed by atoms with E-state index in [9.17, 15) is 22.0 Å². The number of rotatable bonds is 8. The number of halogens is 2. The molecule has 0 unspecified atom stereocenters. The van der Waals surface area contributed by atoms with Crippen LogP contribution < -0.4 is 19.5 Å². The first-order chi connectivity index (χ1) is 15.2. The Hall–Kier alpha value is -3.66. The zero-order valence-electron chi connectivity index (χ0n) is 17.2. The fourth-order valence-corrected chi connectivity index (χ4v) is 4.09. The van der Waals surface area contributed by atoms with Crippen molar-refractivity contribution >= 4 is 27.3 Å². The lowest BCUT2D eigenvalue weighted by Gasteiger charge is -2.14. The first kappa shape index (κ1) is 23.0. The molecule has 0 saturated carbocycles. The van der Waals surface area contributed by atoms with Crippen molar-refractivity contribution in [2.45, 2.75) is 11.8 Å². The van der Waals surface area contributed by atoms with E-state index in [4.69, 9.17) is 9.47 Å². The summed E-state index contributed by atoms with van der Waals surface area (Å²) in [7, 11) is -2.81. The van der Waals surface area contributed by atoms with Crippen LogP contribution in [0.15, 0.2) is 65.6 Å². The zero-order chi connectivity index (χ0) is 23.3. The van der Waals surface area contributed by atoms with Gasteiger partial charge in [-0.2, -0.15) is 0 Å². The van der Waals surface area contributed by atoms with Crippen molar-refractivity contribution in [2.75, 3.05) is 23.8 Å². The van der Waals surface area contributed by atoms with E-state index in [2.05, 4.69) is 10.0 Å². The zero-order valence-corrected chi connectivity index (χ0v) is 18.0. The number of hydrogen-bond acceptors (Lipinski definition) is 5. The quantitative estimate of drug-likeness (QED) is 0.517. The van der Waals surface area contributed by atoms with Crippen molar-refractivity contribution in [3.63, 3.8) is 0 Å². The molecule has 0 aliphatic carbocycles. The van der Waals surface area contributed by atoms with Crippen molar-refractivity contribution in [1.82, 2.24) is 0 Å². The topological polar surface area (TPSA) is 93.7 Å². The SMILES string of the molecule is CCOc1ccc(NS(=O)(=O)c2cc(NC(=O)c3ccc(F)cc3F)ccc2OC)cc1. The summed E-state index contributed by atoms with van der Waals surface area (Å²) in [5, 5.41) is 2.40. The average Bonchev–Trinajstić information content (AvgIpc) is 2.75. The van der Waals surface area contributed by atoms with Gasteiger partial charge in [0, 0.05) is 17.4 Å². The van der Waals surface area contributed by atoms with Gasteiger partial charge in [0.1, 0.15) is 28.0 Å². The van der Waals surface area contributed by atoms with Gasteiger partial charge in [-0.3, -0.25) is 9.52 Å². The molecule has 32 heavy (non-hydrogen) atoms. The number of hydrogen-bond donors (Lipinski definition) is 2. The van der Waals surface area contributed by atoms with Gasteiger partial charge in [0.05, 0.1) is 19.3 Å². The standard InChI is InChI=1S/C22H20F2N2O5S/c1-3-31-17-8-5-15(6-9-17)26-32(28,29)21-13-16(7-11-20(21)30-2)25-22(27)18-10-4-14(23)12-19(18)24/h4-13,26H,3H2,1-2H3,(H,25,27). The number of benzene rings is 3. The molecule has 0 heterocycles. The molecule has 0 fully saturated rings. The molecule has 7 nitrogen and oxygen atoms in total. The second kappa shape index (κ2) is 9.65. The molecule has 3 rings (SSSR count). The van der Waals surface area contributed by atoms with Crippen LogP contribution in [0.2, 0.25) is 0 Å². The molecule has 0 saturated heterocycles. The van der Waals surface area contributed by atoms with Gasteiger partial charge in [-0.25, -0.2) is 17.2 Å². The summed E-state index contributed by atoms with van der Waals surface area (Å²) in [5.74, 6) is -2.10. The summed E-state index contributed by atoms with van der Waals surface area (Å²) in [6.45, 7) is 2.31. The number of nitrogens with one attached hydrogen (secondary N) is 2. The van der Waals surface area contributed by atoms with Gasteiger partial charge in [-0.05, 0) is 61.5 Å². The number of methoxy groups -OCH3 is 1. The molecule has 1 amide bonds. The second-order valence-corrected chi connectivity index (χ2v) is 8.16. The van der Waals surface area contributed by atoms with Gasteiger partial charge < -0.3 is 14.8 Å². The first-order valence-electron chi connectivity index (χ1n) is 9.43. The van der Waals surface area contributed by atoms with Crippen LogP contribution in [0.1, 0.15) is 17.3 Å². The van der Waals surface area contributed by atoms with Gasteiger partial charge in [-0.15, -0.1) is 0 Å². The van der Waals surface area contributed by atoms with Crippen molar-refractivity contribution in [1.29, 1.82) is 0 Å². The molecule has 168 valence electrons. The molecule has 3 aromatic rings. The third kappa shape index (κ3) is 5.33. The monoisotopic (exact) mass is 462 g/mol. The summed E-state index contributed by atoms with van der Waals surface area (Å²) in [5.41, 5.74) is -0.0240. The van der Waals surface area contributed by atoms with Gasteiger partial charge in [0.2, 0.25) is 0 Å². The summed E-state index contributed by atoms with van der Waals surface area (Å²) in [6.07, 6.45) is 0. The molecule has 2 N–H and O–H groups in total. The van der Waals surface area contributed by atoms with E-state index in [1.165, 1.54) is 37.4 Å². The Labute approximate surface area is 184 Å². The van der Waals surface area contributed by atoms with Gasteiger partial charge in [0.15, 0.2) is 0 Å². The summed E-state index contributed by atoms with van der Waals surface area (Å²) in [4.78, 5) is 12.1. The summed E-state index contributed by atoms with van der Waals surface area (Å²) >= 11 is 0. The van der Waals surface area contributed by atoms with Crippen LogP contribution in [-0.4, -0.2) is 28.0 Å². The van der Waals surface area contributed by atoms with Crippen LogP contribution in [0.25, 0.3) is 0 Å². The molecule has 0 aliphatic rings. The Morgan fingerprint density at radius 2 is 1.66 bits per heavy atom. The predicted octanol–water partition coefficient (Wildman–Crippen LogP) is 4.43.